The fourth-order valence-corrected chi connectivity index (χ4v) is 3.58. The normalized spacial score (nSPS) is 19.3. The summed E-state index contributed by atoms with van der Waals surface area (Å²) in [5, 5.41) is 6.81. The van der Waals surface area contributed by atoms with Crippen LogP contribution in [0.15, 0.2) is 17.3 Å². The summed E-state index contributed by atoms with van der Waals surface area (Å²) < 4.78 is 25.8. The molecule has 1 aromatic rings. The van der Waals surface area contributed by atoms with Crippen molar-refractivity contribution in [3.05, 3.63) is 12.4 Å². The third kappa shape index (κ3) is 2.05. The molecule has 0 atom stereocenters. The van der Waals surface area contributed by atoms with Gasteiger partial charge in [0.25, 0.3) is 0 Å². The molecule has 1 aromatic heterocycles. The van der Waals surface area contributed by atoms with Gasteiger partial charge in [0.2, 0.25) is 0 Å². The summed E-state index contributed by atoms with van der Waals surface area (Å²) >= 11 is 0. The summed E-state index contributed by atoms with van der Waals surface area (Å²) in [7, 11) is -1.44. The van der Waals surface area contributed by atoms with Crippen molar-refractivity contribution in [2.75, 3.05) is 13.1 Å². The second kappa shape index (κ2) is 3.94. The van der Waals surface area contributed by atoms with Gasteiger partial charge in [-0.1, -0.05) is 0 Å². The van der Waals surface area contributed by atoms with E-state index in [1.54, 1.807) is 13.2 Å². The molecular weight excluding hydrogens is 214 g/mol. The summed E-state index contributed by atoms with van der Waals surface area (Å²) in [4.78, 5) is 0.344. The lowest BCUT2D eigenvalue weighted by molar-refractivity contribution is 0.496. The number of piperidine rings is 1. The molecule has 0 unspecified atom stereocenters. The highest BCUT2D eigenvalue weighted by atomic mass is 32.2. The zero-order chi connectivity index (χ0) is 10.9. The number of aryl methyl sites for hydroxylation is 1. The Morgan fingerprint density at radius 2 is 2.13 bits per heavy atom. The fourth-order valence-electron chi connectivity index (χ4n) is 1.84. The Morgan fingerprint density at radius 3 is 2.67 bits per heavy atom. The van der Waals surface area contributed by atoms with Crippen LogP contribution in [0.3, 0.4) is 0 Å². The minimum Gasteiger partial charge on any atom is -0.317 e. The van der Waals surface area contributed by atoms with Crippen LogP contribution in [0.5, 0.6) is 0 Å². The van der Waals surface area contributed by atoms with Crippen molar-refractivity contribution >= 4 is 9.84 Å². The van der Waals surface area contributed by atoms with Crippen molar-refractivity contribution in [3.8, 4) is 0 Å². The zero-order valence-electron chi connectivity index (χ0n) is 8.68. The van der Waals surface area contributed by atoms with Gasteiger partial charge in [0, 0.05) is 13.2 Å². The summed E-state index contributed by atoms with van der Waals surface area (Å²) in [5.74, 6) is 0. The molecule has 15 heavy (non-hydrogen) atoms. The van der Waals surface area contributed by atoms with Gasteiger partial charge in [-0.3, -0.25) is 4.68 Å². The van der Waals surface area contributed by atoms with Crippen molar-refractivity contribution in [2.45, 2.75) is 23.0 Å². The van der Waals surface area contributed by atoms with Gasteiger partial charge in [0.05, 0.1) is 11.4 Å². The Balaban J connectivity index is 2.26. The van der Waals surface area contributed by atoms with E-state index < -0.39 is 9.84 Å². The van der Waals surface area contributed by atoms with Crippen molar-refractivity contribution in [2.24, 2.45) is 7.05 Å². The van der Waals surface area contributed by atoms with E-state index >= 15 is 0 Å². The first kappa shape index (κ1) is 10.6. The Bertz CT molecular complexity index is 432. The van der Waals surface area contributed by atoms with E-state index in [-0.39, 0.29) is 5.25 Å². The molecule has 1 N–H and O–H groups in total. The monoisotopic (exact) mass is 229 g/mol. The third-order valence-corrected chi connectivity index (χ3v) is 4.95. The smallest absolute Gasteiger partial charge is 0.184 e. The van der Waals surface area contributed by atoms with E-state index in [1.807, 2.05) is 0 Å². The highest BCUT2D eigenvalue weighted by Gasteiger charge is 2.29. The van der Waals surface area contributed by atoms with Gasteiger partial charge in [0.1, 0.15) is 4.90 Å². The molecular formula is C9H15N3O2S. The zero-order valence-corrected chi connectivity index (χ0v) is 9.50. The van der Waals surface area contributed by atoms with E-state index in [0.29, 0.717) is 17.7 Å². The minimum atomic E-state index is -3.16. The summed E-state index contributed by atoms with van der Waals surface area (Å²) in [5.41, 5.74) is 0. The highest BCUT2D eigenvalue weighted by molar-refractivity contribution is 7.92. The average molecular weight is 229 g/mol. The molecule has 6 heteroatoms. The predicted molar refractivity (Wildman–Crippen MR) is 56.3 cm³/mol. The number of hydrogen-bond donors (Lipinski definition) is 1. The van der Waals surface area contributed by atoms with Crippen LogP contribution >= 0.6 is 0 Å². The lowest BCUT2D eigenvalue weighted by Gasteiger charge is -2.21. The molecule has 0 bridgehead atoms. The van der Waals surface area contributed by atoms with Crippen molar-refractivity contribution in [3.63, 3.8) is 0 Å². The molecule has 2 rings (SSSR count). The predicted octanol–water partition coefficient (Wildman–Crippen LogP) is -0.0542. The van der Waals surface area contributed by atoms with E-state index in [1.165, 1.54) is 10.9 Å². The molecule has 1 aliphatic heterocycles. The van der Waals surface area contributed by atoms with Crippen LogP contribution in [0, 0.1) is 0 Å². The number of rotatable bonds is 2. The van der Waals surface area contributed by atoms with E-state index in [9.17, 15) is 8.42 Å². The van der Waals surface area contributed by atoms with Crippen molar-refractivity contribution < 1.29 is 8.42 Å². The Labute approximate surface area is 89.4 Å². The number of aromatic nitrogens is 2. The summed E-state index contributed by atoms with van der Waals surface area (Å²) in [6.07, 6.45) is 4.38. The number of hydrogen-bond acceptors (Lipinski definition) is 4. The Hall–Kier alpha value is -0.880. The maximum absolute atomic E-state index is 12.1. The Morgan fingerprint density at radius 1 is 1.47 bits per heavy atom. The van der Waals surface area contributed by atoms with Crippen molar-refractivity contribution in [1.82, 2.24) is 15.1 Å². The van der Waals surface area contributed by atoms with Crippen molar-refractivity contribution in [1.29, 1.82) is 0 Å². The molecule has 2 heterocycles. The van der Waals surface area contributed by atoms with Crippen LogP contribution in [0.4, 0.5) is 0 Å². The van der Waals surface area contributed by atoms with Crippen LogP contribution in [0.2, 0.25) is 0 Å². The molecule has 1 saturated heterocycles. The molecule has 0 spiro atoms. The number of sulfone groups is 1. The highest BCUT2D eigenvalue weighted by Crippen LogP contribution is 2.21. The van der Waals surface area contributed by atoms with Crippen LogP contribution in [-0.2, 0) is 16.9 Å². The van der Waals surface area contributed by atoms with E-state index in [4.69, 9.17) is 0 Å². The van der Waals surface area contributed by atoms with Crippen LogP contribution in [-0.4, -0.2) is 36.5 Å². The lowest BCUT2D eigenvalue weighted by Crippen LogP contribution is -2.35. The topological polar surface area (TPSA) is 64.0 Å². The van der Waals surface area contributed by atoms with Gasteiger partial charge in [-0.25, -0.2) is 8.42 Å². The maximum Gasteiger partial charge on any atom is 0.184 e. The average Bonchev–Trinajstić information content (AvgIpc) is 2.67. The molecule has 0 amide bonds. The lowest BCUT2D eigenvalue weighted by atomic mass is 10.2. The van der Waals surface area contributed by atoms with E-state index in [0.717, 1.165) is 13.1 Å². The minimum absolute atomic E-state index is 0.247. The van der Waals surface area contributed by atoms with Gasteiger partial charge >= 0.3 is 0 Å². The molecule has 0 saturated carbocycles. The third-order valence-electron chi connectivity index (χ3n) is 2.73. The molecule has 84 valence electrons. The molecule has 0 aromatic carbocycles. The first-order valence-corrected chi connectivity index (χ1v) is 6.58. The Kier molecular flexibility index (Phi) is 2.79. The summed E-state index contributed by atoms with van der Waals surface area (Å²) in [6, 6.07) is 0. The molecule has 0 radical (unpaired) electrons. The quantitative estimate of drug-likeness (QED) is 0.772. The largest absolute Gasteiger partial charge is 0.317 e. The SMILES string of the molecule is Cn1cc(S(=O)(=O)C2CCNCC2)cn1. The summed E-state index contributed by atoms with van der Waals surface area (Å²) in [6.45, 7) is 1.56. The van der Waals surface area contributed by atoms with Gasteiger partial charge in [-0.05, 0) is 25.9 Å². The number of nitrogens with zero attached hydrogens (tertiary/aromatic N) is 2. The number of nitrogens with one attached hydrogen (secondary N) is 1. The first-order chi connectivity index (χ1) is 7.10. The van der Waals surface area contributed by atoms with Crippen LogP contribution in [0.25, 0.3) is 0 Å². The molecule has 0 aliphatic carbocycles. The second-order valence-corrected chi connectivity index (χ2v) is 6.07. The second-order valence-electron chi connectivity index (χ2n) is 3.84. The van der Waals surface area contributed by atoms with Gasteiger partial charge in [-0.2, -0.15) is 5.10 Å². The van der Waals surface area contributed by atoms with Gasteiger partial charge < -0.3 is 5.32 Å². The van der Waals surface area contributed by atoms with Gasteiger partial charge in [-0.15, -0.1) is 0 Å². The van der Waals surface area contributed by atoms with E-state index in [2.05, 4.69) is 10.4 Å². The molecule has 5 nitrogen and oxygen atoms in total. The maximum atomic E-state index is 12.1. The fraction of sp³-hybridized carbons (Fsp3) is 0.667. The first-order valence-electron chi connectivity index (χ1n) is 5.04. The molecule has 1 fully saturated rings. The van der Waals surface area contributed by atoms with Crippen LogP contribution in [0.1, 0.15) is 12.8 Å². The van der Waals surface area contributed by atoms with Crippen LogP contribution < -0.4 is 5.32 Å². The standard InChI is InChI=1S/C9H15N3O2S/c1-12-7-9(6-11-12)15(13,14)8-2-4-10-5-3-8/h6-8,10H,2-5H2,1H3. The molecule has 1 aliphatic rings. The van der Waals surface area contributed by atoms with Gasteiger partial charge in [0.15, 0.2) is 9.84 Å².